The van der Waals surface area contributed by atoms with Crippen molar-refractivity contribution in [2.45, 2.75) is 37.8 Å². The van der Waals surface area contributed by atoms with Gasteiger partial charge in [-0.25, -0.2) is 4.79 Å². The van der Waals surface area contributed by atoms with Crippen LogP contribution in [0.5, 0.6) is 5.75 Å². The molecule has 0 unspecified atom stereocenters. The zero-order chi connectivity index (χ0) is 21.9. The highest BCUT2D eigenvalue weighted by atomic mass is 16.5. The van der Waals surface area contributed by atoms with Gasteiger partial charge in [-0.2, -0.15) is 0 Å². The number of benzene rings is 1. The minimum absolute atomic E-state index is 0.122. The Kier molecular flexibility index (Phi) is 5.90. The normalized spacial score (nSPS) is 18.7. The molecule has 2 aromatic heterocycles. The number of fused-ring (bicyclic) bond motifs is 1. The zero-order valence-corrected chi connectivity index (χ0v) is 18.0. The van der Waals surface area contributed by atoms with Gasteiger partial charge in [0.2, 0.25) is 0 Å². The largest absolute Gasteiger partial charge is 0.490 e. The fourth-order valence-electron chi connectivity index (χ4n) is 4.78. The fourth-order valence-corrected chi connectivity index (χ4v) is 4.78. The maximum absolute atomic E-state index is 13.0. The van der Waals surface area contributed by atoms with Gasteiger partial charge >= 0.3 is 5.63 Å². The van der Waals surface area contributed by atoms with Crippen molar-refractivity contribution in [2.24, 2.45) is 0 Å². The maximum Gasteiger partial charge on any atom is 0.349 e. The van der Waals surface area contributed by atoms with Gasteiger partial charge in [0, 0.05) is 50.0 Å². The number of hydrogen-bond donors (Lipinski definition) is 0. The quantitative estimate of drug-likeness (QED) is 0.588. The van der Waals surface area contributed by atoms with Gasteiger partial charge in [0.05, 0.1) is 0 Å². The van der Waals surface area contributed by atoms with E-state index in [4.69, 9.17) is 9.15 Å². The summed E-state index contributed by atoms with van der Waals surface area (Å²) in [6.07, 6.45) is 7.57. The Morgan fingerprint density at radius 3 is 2.44 bits per heavy atom. The van der Waals surface area contributed by atoms with Crippen LogP contribution in [0, 0.1) is 0 Å². The van der Waals surface area contributed by atoms with Crippen LogP contribution in [0.2, 0.25) is 0 Å². The van der Waals surface area contributed by atoms with Crippen molar-refractivity contribution in [1.82, 2.24) is 14.8 Å². The summed E-state index contributed by atoms with van der Waals surface area (Å²) in [5.74, 6) is 0.649. The highest BCUT2D eigenvalue weighted by Gasteiger charge is 2.31. The molecule has 0 atom stereocenters. The van der Waals surface area contributed by atoms with Crippen LogP contribution < -0.4 is 10.4 Å². The lowest BCUT2D eigenvalue weighted by molar-refractivity contribution is 0.0423. The first-order valence-corrected chi connectivity index (χ1v) is 11.3. The second-order valence-electron chi connectivity index (χ2n) is 8.54. The zero-order valence-electron chi connectivity index (χ0n) is 18.0. The molecule has 4 heterocycles. The lowest BCUT2D eigenvalue weighted by Gasteiger charge is -2.41. The van der Waals surface area contributed by atoms with Gasteiger partial charge in [-0.1, -0.05) is 18.2 Å². The van der Waals surface area contributed by atoms with Crippen molar-refractivity contribution in [1.29, 1.82) is 0 Å². The van der Waals surface area contributed by atoms with E-state index < -0.39 is 5.63 Å². The fraction of sp³-hybridized carbons (Fsp3) is 0.400. The Morgan fingerprint density at radius 2 is 1.69 bits per heavy atom. The van der Waals surface area contributed by atoms with Gasteiger partial charge < -0.3 is 14.1 Å². The molecule has 7 heteroatoms. The van der Waals surface area contributed by atoms with E-state index in [1.807, 2.05) is 30.3 Å². The molecule has 3 aromatic rings. The van der Waals surface area contributed by atoms with Gasteiger partial charge in [0.15, 0.2) is 0 Å². The van der Waals surface area contributed by atoms with E-state index in [-0.39, 0.29) is 17.6 Å². The Morgan fingerprint density at radius 1 is 0.969 bits per heavy atom. The maximum atomic E-state index is 13.0. The number of likely N-dealkylation sites (tertiary alicyclic amines) is 2. The molecule has 2 fully saturated rings. The van der Waals surface area contributed by atoms with Crippen LogP contribution in [-0.4, -0.2) is 59.0 Å². The van der Waals surface area contributed by atoms with Crippen LogP contribution >= 0.6 is 0 Å². The van der Waals surface area contributed by atoms with Crippen molar-refractivity contribution in [3.8, 4) is 5.75 Å². The number of rotatable bonds is 4. The van der Waals surface area contributed by atoms with Gasteiger partial charge in [-0.05, 0) is 49.9 Å². The van der Waals surface area contributed by atoms with E-state index in [0.29, 0.717) is 24.7 Å². The number of para-hydroxylation sites is 1. The van der Waals surface area contributed by atoms with Crippen LogP contribution in [0.25, 0.3) is 11.0 Å². The molecule has 1 aromatic carbocycles. The number of nitrogens with zero attached hydrogens (tertiary/aromatic N) is 3. The Bertz CT molecular complexity index is 1130. The van der Waals surface area contributed by atoms with Crippen LogP contribution in [-0.2, 0) is 0 Å². The molecule has 0 N–H and O–H groups in total. The third kappa shape index (κ3) is 4.39. The molecule has 5 rings (SSSR count). The summed E-state index contributed by atoms with van der Waals surface area (Å²) in [5.41, 5.74) is 0.0624. The highest BCUT2D eigenvalue weighted by Crippen LogP contribution is 2.24. The van der Waals surface area contributed by atoms with Crippen molar-refractivity contribution >= 4 is 16.9 Å². The lowest BCUT2D eigenvalue weighted by Crippen LogP contribution is -2.50. The minimum Gasteiger partial charge on any atom is -0.490 e. The minimum atomic E-state index is -0.563. The van der Waals surface area contributed by atoms with E-state index in [1.165, 1.54) is 0 Å². The van der Waals surface area contributed by atoms with E-state index in [9.17, 15) is 9.59 Å². The molecule has 0 spiro atoms. The second-order valence-corrected chi connectivity index (χ2v) is 8.54. The summed E-state index contributed by atoms with van der Waals surface area (Å²) in [6, 6.07) is 13.2. The average molecular weight is 434 g/mol. The topological polar surface area (TPSA) is 75.9 Å². The number of hydrogen-bond acceptors (Lipinski definition) is 6. The molecule has 2 aliphatic rings. The first-order chi connectivity index (χ1) is 15.7. The Balaban J connectivity index is 1.15. The lowest BCUT2D eigenvalue weighted by atomic mass is 9.98. The second kappa shape index (κ2) is 9.12. The molecule has 1 amide bonds. The molecule has 0 saturated carbocycles. The summed E-state index contributed by atoms with van der Waals surface area (Å²) >= 11 is 0. The molecule has 7 nitrogen and oxygen atoms in total. The van der Waals surface area contributed by atoms with E-state index in [2.05, 4.69) is 9.88 Å². The van der Waals surface area contributed by atoms with Crippen LogP contribution in [0.15, 0.2) is 64.1 Å². The first-order valence-electron chi connectivity index (χ1n) is 11.3. The molecule has 32 heavy (non-hydrogen) atoms. The van der Waals surface area contributed by atoms with Gasteiger partial charge in [-0.3, -0.25) is 14.7 Å². The third-order valence-corrected chi connectivity index (χ3v) is 6.57. The average Bonchev–Trinajstić information content (AvgIpc) is 2.84. The summed E-state index contributed by atoms with van der Waals surface area (Å²) in [4.78, 5) is 33.7. The molecule has 2 saturated heterocycles. The van der Waals surface area contributed by atoms with Gasteiger partial charge in [0.1, 0.15) is 23.0 Å². The molecule has 166 valence electrons. The molecule has 0 aliphatic carbocycles. The van der Waals surface area contributed by atoms with Gasteiger partial charge in [-0.15, -0.1) is 0 Å². The predicted molar refractivity (Wildman–Crippen MR) is 121 cm³/mol. The number of ether oxygens (including phenoxy) is 1. The van der Waals surface area contributed by atoms with E-state index >= 15 is 0 Å². The van der Waals surface area contributed by atoms with Gasteiger partial charge in [0.25, 0.3) is 5.91 Å². The van der Waals surface area contributed by atoms with Crippen molar-refractivity contribution in [3.63, 3.8) is 0 Å². The number of piperidine rings is 2. The third-order valence-electron chi connectivity index (χ3n) is 6.57. The van der Waals surface area contributed by atoms with E-state index in [0.717, 1.165) is 49.9 Å². The summed E-state index contributed by atoms with van der Waals surface area (Å²) in [7, 11) is 0. The standard InChI is InChI=1S/C25H27N3O4/c29-24(22-17-18-3-1-2-4-23(18)32-25(22)30)28-13-7-19(8-14-28)27-15-9-21(10-16-27)31-20-5-11-26-12-6-20/h1-6,11-12,17,19,21H,7-10,13-16H2. The number of carbonyl (C=O) groups is 1. The molecule has 2 aliphatic heterocycles. The summed E-state index contributed by atoms with van der Waals surface area (Å²) < 4.78 is 11.4. The van der Waals surface area contributed by atoms with Crippen molar-refractivity contribution in [3.05, 3.63) is 70.8 Å². The highest BCUT2D eigenvalue weighted by molar-refractivity contribution is 5.96. The smallest absolute Gasteiger partial charge is 0.349 e. The number of aromatic nitrogens is 1. The SMILES string of the molecule is O=C(c1cc2ccccc2oc1=O)N1CCC(N2CCC(Oc3ccncc3)CC2)CC1. The van der Waals surface area contributed by atoms with E-state index in [1.54, 1.807) is 29.4 Å². The van der Waals surface area contributed by atoms with Crippen molar-refractivity contribution in [2.75, 3.05) is 26.2 Å². The Hall–Kier alpha value is -3.19. The predicted octanol–water partition coefficient (Wildman–Crippen LogP) is 3.34. The number of amides is 1. The van der Waals surface area contributed by atoms with Crippen LogP contribution in [0.3, 0.4) is 0 Å². The number of pyridine rings is 1. The van der Waals surface area contributed by atoms with Crippen LogP contribution in [0.1, 0.15) is 36.0 Å². The monoisotopic (exact) mass is 433 g/mol. The number of carbonyl (C=O) groups excluding carboxylic acids is 1. The summed E-state index contributed by atoms with van der Waals surface area (Å²) in [5, 5.41) is 0.766. The Labute approximate surface area is 186 Å². The summed E-state index contributed by atoms with van der Waals surface area (Å²) in [6.45, 7) is 3.32. The molecule has 0 radical (unpaired) electrons. The molecular formula is C25H27N3O4. The molecular weight excluding hydrogens is 406 g/mol. The first kappa shape index (κ1) is 20.7. The van der Waals surface area contributed by atoms with Crippen molar-refractivity contribution < 1.29 is 13.9 Å². The molecule has 0 bridgehead atoms. The van der Waals surface area contributed by atoms with Crippen LogP contribution in [0.4, 0.5) is 0 Å².